The van der Waals surface area contributed by atoms with E-state index in [1.54, 1.807) is 18.2 Å². The Morgan fingerprint density at radius 3 is 2.24 bits per heavy atom. The summed E-state index contributed by atoms with van der Waals surface area (Å²) in [5.41, 5.74) is 1.69. The highest BCUT2D eigenvalue weighted by atomic mass is 19.1. The van der Waals surface area contributed by atoms with Crippen molar-refractivity contribution >= 4 is 5.97 Å². The molecule has 0 unspecified atom stereocenters. The van der Waals surface area contributed by atoms with Crippen molar-refractivity contribution in [1.29, 1.82) is 0 Å². The third-order valence-electron chi connectivity index (χ3n) is 6.24. The number of carbonyl (C=O) groups is 1. The van der Waals surface area contributed by atoms with Crippen molar-refractivity contribution < 1.29 is 23.4 Å². The summed E-state index contributed by atoms with van der Waals surface area (Å²) >= 11 is 0. The molecule has 0 aliphatic carbocycles. The maximum Gasteiger partial charge on any atom is 0.343 e. The second kappa shape index (κ2) is 13.5. The van der Waals surface area contributed by atoms with Crippen LogP contribution < -0.4 is 4.74 Å². The van der Waals surface area contributed by atoms with E-state index in [0.29, 0.717) is 30.4 Å². The van der Waals surface area contributed by atoms with E-state index in [-0.39, 0.29) is 5.56 Å². The summed E-state index contributed by atoms with van der Waals surface area (Å²) in [7, 11) is 0. The first kappa shape index (κ1) is 25.4. The lowest BCUT2D eigenvalue weighted by Gasteiger charge is -2.29. The Hall–Kier alpha value is -2.24. The van der Waals surface area contributed by atoms with Gasteiger partial charge < -0.3 is 14.2 Å². The number of benzene rings is 2. The molecule has 4 nitrogen and oxygen atoms in total. The predicted octanol–water partition coefficient (Wildman–Crippen LogP) is 7.41. The van der Waals surface area contributed by atoms with Crippen molar-refractivity contribution in [3.8, 4) is 5.75 Å². The molecule has 0 atom stereocenters. The van der Waals surface area contributed by atoms with Gasteiger partial charge in [-0.25, -0.2) is 9.18 Å². The topological polar surface area (TPSA) is 44.8 Å². The second-order valence-electron chi connectivity index (χ2n) is 8.91. The molecule has 33 heavy (non-hydrogen) atoms. The largest absolute Gasteiger partial charge is 0.423 e. The standard InChI is InChI=1S/C28H37FO4/c1-3-5-6-7-8-9-10-11-22-12-15-24(16-13-22)33-27(30)23-14-17-25(26(29)18-23)28-31-19-21(4-2)20-32-28/h12-18,21,28H,3-11,19-20H2,1-2H3. The first-order valence-corrected chi connectivity index (χ1v) is 12.4. The van der Waals surface area contributed by atoms with Crippen LogP contribution in [0.3, 0.4) is 0 Å². The van der Waals surface area contributed by atoms with E-state index in [4.69, 9.17) is 14.2 Å². The van der Waals surface area contributed by atoms with Crippen LogP contribution >= 0.6 is 0 Å². The third-order valence-corrected chi connectivity index (χ3v) is 6.24. The maximum atomic E-state index is 14.6. The minimum Gasteiger partial charge on any atom is -0.423 e. The van der Waals surface area contributed by atoms with Crippen molar-refractivity contribution in [2.75, 3.05) is 13.2 Å². The first-order chi connectivity index (χ1) is 16.1. The summed E-state index contributed by atoms with van der Waals surface area (Å²) < 4.78 is 31.3. The van der Waals surface area contributed by atoms with Gasteiger partial charge in [0.05, 0.1) is 18.8 Å². The van der Waals surface area contributed by atoms with Crippen LogP contribution in [0.15, 0.2) is 42.5 Å². The van der Waals surface area contributed by atoms with Crippen LogP contribution in [0.5, 0.6) is 5.75 Å². The van der Waals surface area contributed by atoms with E-state index >= 15 is 0 Å². The molecular formula is C28H37FO4. The van der Waals surface area contributed by atoms with E-state index in [0.717, 1.165) is 12.8 Å². The summed E-state index contributed by atoms with van der Waals surface area (Å²) in [5, 5.41) is 0. The van der Waals surface area contributed by atoms with E-state index < -0.39 is 18.1 Å². The number of ether oxygens (including phenoxy) is 3. The maximum absolute atomic E-state index is 14.6. The lowest BCUT2D eigenvalue weighted by molar-refractivity contribution is -0.206. The fraction of sp³-hybridized carbons (Fsp3) is 0.536. The zero-order chi connectivity index (χ0) is 23.5. The van der Waals surface area contributed by atoms with Crippen molar-refractivity contribution in [3.63, 3.8) is 0 Å². The average molecular weight is 457 g/mol. The van der Waals surface area contributed by atoms with Gasteiger partial charge in [0.2, 0.25) is 0 Å². The highest BCUT2D eigenvalue weighted by Gasteiger charge is 2.25. The normalized spacial score (nSPS) is 18.3. The predicted molar refractivity (Wildman–Crippen MR) is 128 cm³/mol. The molecule has 0 amide bonds. The van der Waals surface area contributed by atoms with Gasteiger partial charge in [-0.15, -0.1) is 0 Å². The lowest BCUT2D eigenvalue weighted by Crippen LogP contribution is -2.27. The molecule has 2 aromatic rings. The molecule has 1 saturated heterocycles. The number of unbranched alkanes of at least 4 members (excludes halogenated alkanes) is 6. The Morgan fingerprint density at radius 1 is 0.939 bits per heavy atom. The van der Waals surface area contributed by atoms with E-state index in [1.807, 2.05) is 12.1 Å². The smallest absolute Gasteiger partial charge is 0.343 e. The molecule has 3 rings (SSSR count). The fourth-order valence-corrected chi connectivity index (χ4v) is 3.98. The molecule has 1 aliphatic heterocycles. The third kappa shape index (κ3) is 7.94. The van der Waals surface area contributed by atoms with Crippen molar-refractivity contribution in [2.45, 2.75) is 77.9 Å². The van der Waals surface area contributed by atoms with Crippen molar-refractivity contribution in [2.24, 2.45) is 5.92 Å². The zero-order valence-corrected chi connectivity index (χ0v) is 20.0. The van der Waals surface area contributed by atoms with Crippen molar-refractivity contribution in [3.05, 3.63) is 65.0 Å². The van der Waals surface area contributed by atoms with Gasteiger partial charge in [-0.1, -0.05) is 70.6 Å². The Balaban J connectivity index is 1.46. The van der Waals surface area contributed by atoms with E-state index in [1.165, 1.54) is 62.6 Å². The summed E-state index contributed by atoms with van der Waals surface area (Å²) in [5.74, 6) is -0.330. The summed E-state index contributed by atoms with van der Waals surface area (Å²) in [6.07, 6.45) is 10.2. The quantitative estimate of drug-likeness (QED) is 0.189. The van der Waals surface area contributed by atoms with Crippen LogP contribution in [0.2, 0.25) is 0 Å². The molecule has 0 saturated carbocycles. The molecular weight excluding hydrogens is 419 g/mol. The SMILES string of the molecule is CCCCCCCCCc1ccc(OC(=O)c2ccc(C3OCC(CC)CO3)c(F)c2)cc1. The second-order valence-corrected chi connectivity index (χ2v) is 8.91. The zero-order valence-electron chi connectivity index (χ0n) is 20.0. The summed E-state index contributed by atoms with van der Waals surface area (Å²) in [6.45, 7) is 5.39. The van der Waals surface area contributed by atoms with Crippen LogP contribution in [0.4, 0.5) is 4.39 Å². The Bertz CT molecular complexity index is 857. The number of aryl methyl sites for hydroxylation is 1. The fourth-order valence-electron chi connectivity index (χ4n) is 3.98. The highest BCUT2D eigenvalue weighted by Crippen LogP contribution is 2.28. The molecule has 1 aliphatic rings. The molecule has 0 radical (unpaired) electrons. The minimum absolute atomic E-state index is 0.158. The Kier molecular flexibility index (Phi) is 10.4. The van der Waals surface area contributed by atoms with Gasteiger partial charge in [-0.2, -0.15) is 0 Å². The first-order valence-electron chi connectivity index (χ1n) is 12.4. The van der Waals surface area contributed by atoms with Crippen molar-refractivity contribution in [1.82, 2.24) is 0 Å². The molecule has 1 heterocycles. The van der Waals surface area contributed by atoms with Gasteiger partial charge in [0.25, 0.3) is 0 Å². The van der Waals surface area contributed by atoms with Crippen LogP contribution in [-0.4, -0.2) is 19.2 Å². The molecule has 0 bridgehead atoms. The molecule has 0 spiro atoms. The number of rotatable bonds is 12. The van der Waals surface area contributed by atoms with Gasteiger partial charge in [-0.3, -0.25) is 0 Å². The Labute approximate surface area is 197 Å². The average Bonchev–Trinajstić information content (AvgIpc) is 2.84. The summed E-state index contributed by atoms with van der Waals surface area (Å²) in [6, 6.07) is 11.9. The molecule has 180 valence electrons. The van der Waals surface area contributed by atoms with Gasteiger partial charge in [0.15, 0.2) is 6.29 Å². The number of carbonyl (C=O) groups excluding carboxylic acids is 1. The van der Waals surface area contributed by atoms with E-state index in [2.05, 4.69) is 13.8 Å². The van der Waals surface area contributed by atoms with Crippen LogP contribution in [0.25, 0.3) is 0 Å². The molecule has 0 aromatic heterocycles. The number of esters is 1. The minimum atomic E-state index is -0.734. The lowest BCUT2D eigenvalue weighted by atomic mass is 10.0. The van der Waals surface area contributed by atoms with E-state index in [9.17, 15) is 9.18 Å². The molecule has 0 N–H and O–H groups in total. The van der Waals surface area contributed by atoms with Crippen LogP contribution in [0, 0.1) is 11.7 Å². The summed E-state index contributed by atoms with van der Waals surface area (Å²) in [4.78, 5) is 12.5. The number of halogens is 1. The monoisotopic (exact) mass is 456 g/mol. The Morgan fingerprint density at radius 2 is 1.61 bits per heavy atom. The molecule has 5 heteroatoms. The van der Waals surface area contributed by atoms with Gasteiger partial charge >= 0.3 is 5.97 Å². The molecule has 2 aromatic carbocycles. The van der Waals surface area contributed by atoms with Crippen LogP contribution in [-0.2, 0) is 15.9 Å². The van der Waals surface area contributed by atoms with Gasteiger partial charge in [-0.05, 0) is 49.1 Å². The van der Waals surface area contributed by atoms with Crippen LogP contribution in [0.1, 0.15) is 93.0 Å². The molecule has 1 fully saturated rings. The van der Waals surface area contributed by atoms with Gasteiger partial charge in [0, 0.05) is 11.5 Å². The number of hydrogen-bond donors (Lipinski definition) is 0. The number of hydrogen-bond acceptors (Lipinski definition) is 4. The highest BCUT2D eigenvalue weighted by molar-refractivity contribution is 5.91. The van der Waals surface area contributed by atoms with Gasteiger partial charge in [0.1, 0.15) is 11.6 Å².